The van der Waals surface area contributed by atoms with E-state index in [2.05, 4.69) is 10.9 Å². The largest absolute Gasteiger partial charge is 0.463 e. The van der Waals surface area contributed by atoms with E-state index < -0.39 is 17.8 Å². The Hall–Kier alpha value is -4.22. The number of rotatable bonds is 5. The van der Waals surface area contributed by atoms with Crippen LogP contribution in [-0.4, -0.2) is 21.7 Å². The maximum absolute atomic E-state index is 13.8. The van der Waals surface area contributed by atoms with E-state index in [1.807, 2.05) is 41.1 Å². The zero-order valence-corrected chi connectivity index (χ0v) is 20.5. The lowest BCUT2D eigenvalue weighted by atomic mass is 9.96. The third kappa shape index (κ3) is 3.97. The van der Waals surface area contributed by atoms with Gasteiger partial charge in [0.25, 0.3) is 5.56 Å². The van der Waals surface area contributed by atoms with Crippen molar-refractivity contribution in [1.82, 2.24) is 9.13 Å². The Bertz CT molecular complexity index is 1750. The second-order valence-corrected chi connectivity index (χ2v) is 9.30. The van der Waals surface area contributed by atoms with Gasteiger partial charge in [-0.3, -0.25) is 9.36 Å². The number of ether oxygens (including phenoxy) is 1. The van der Waals surface area contributed by atoms with Crippen molar-refractivity contribution in [2.45, 2.75) is 26.4 Å². The first kappa shape index (κ1) is 23.5. The van der Waals surface area contributed by atoms with E-state index in [4.69, 9.17) is 11.2 Å². The van der Waals surface area contributed by atoms with Gasteiger partial charge in [0.2, 0.25) is 0 Å². The molecule has 0 saturated carbocycles. The molecule has 0 saturated heterocycles. The third-order valence-electron chi connectivity index (χ3n) is 6.07. The van der Waals surface area contributed by atoms with Gasteiger partial charge >= 0.3 is 5.97 Å². The highest BCUT2D eigenvalue weighted by Crippen LogP contribution is 2.31. The molecule has 5 rings (SSSR count). The molecule has 4 aromatic rings. The Morgan fingerprint density at radius 2 is 2.00 bits per heavy atom. The summed E-state index contributed by atoms with van der Waals surface area (Å²) in [7, 11) is 0. The van der Waals surface area contributed by atoms with Crippen LogP contribution >= 0.6 is 11.3 Å². The van der Waals surface area contributed by atoms with Crippen LogP contribution in [0.3, 0.4) is 0 Å². The minimum atomic E-state index is -0.786. The van der Waals surface area contributed by atoms with Crippen LogP contribution < -0.4 is 14.9 Å². The van der Waals surface area contributed by atoms with Crippen molar-refractivity contribution in [2.75, 3.05) is 6.61 Å². The van der Waals surface area contributed by atoms with Gasteiger partial charge in [0.1, 0.15) is 5.82 Å². The van der Waals surface area contributed by atoms with Gasteiger partial charge < -0.3 is 9.30 Å². The van der Waals surface area contributed by atoms with E-state index in [0.717, 1.165) is 16.5 Å². The average molecular weight is 500 g/mol. The first-order chi connectivity index (χ1) is 17.4. The van der Waals surface area contributed by atoms with E-state index in [1.54, 1.807) is 26.0 Å². The van der Waals surface area contributed by atoms with Crippen molar-refractivity contribution in [1.29, 1.82) is 0 Å². The van der Waals surface area contributed by atoms with E-state index >= 15 is 0 Å². The highest BCUT2D eigenvalue weighted by atomic mass is 32.1. The lowest BCUT2D eigenvalue weighted by molar-refractivity contribution is -0.139. The summed E-state index contributed by atoms with van der Waals surface area (Å²) in [6, 6.07) is 12.8. The van der Waals surface area contributed by atoms with E-state index in [1.165, 1.54) is 28.0 Å². The Kier molecular flexibility index (Phi) is 6.17. The molecule has 2 aromatic heterocycles. The summed E-state index contributed by atoms with van der Waals surface area (Å²) in [4.78, 5) is 31.7. The average Bonchev–Trinajstić information content (AvgIpc) is 3.36. The summed E-state index contributed by atoms with van der Waals surface area (Å²) in [5, 5.41) is 0.970. The molecule has 0 aliphatic carbocycles. The predicted octanol–water partition coefficient (Wildman–Crippen LogP) is 3.53. The second-order valence-electron chi connectivity index (χ2n) is 8.29. The van der Waals surface area contributed by atoms with Crippen LogP contribution in [0, 0.1) is 18.2 Å². The molecule has 1 aliphatic rings. The number of para-hydroxylation sites is 1. The fraction of sp³-hybridized carbons (Fsp3) is 0.179. The number of terminal acetylenes is 1. The van der Waals surface area contributed by atoms with Crippen molar-refractivity contribution in [3.63, 3.8) is 0 Å². The van der Waals surface area contributed by atoms with Crippen LogP contribution in [0.15, 0.2) is 75.8 Å². The van der Waals surface area contributed by atoms with Gasteiger partial charge in [0.05, 0.1) is 35.0 Å². The summed E-state index contributed by atoms with van der Waals surface area (Å²) in [6.07, 6.45) is 9.29. The monoisotopic (exact) mass is 499 g/mol. The molecular weight excluding hydrogens is 477 g/mol. The number of halogens is 1. The maximum atomic E-state index is 13.8. The Labute approximate surface area is 210 Å². The molecule has 36 heavy (non-hydrogen) atoms. The first-order valence-corrected chi connectivity index (χ1v) is 12.2. The molecule has 0 bridgehead atoms. The number of fused-ring (bicyclic) bond motifs is 2. The highest BCUT2D eigenvalue weighted by Gasteiger charge is 2.33. The van der Waals surface area contributed by atoms with Crippen molar-refractivity contribution in [3.05, 3.63) is 103 Å². The molecule has 180 valence electrons. The highest BCUT2D eigenvalue weighted by molar-refractivity contribution is 7.07. The topological polar surface area (TPSA) is 65.6 Å². The molecule has 3 heterocycles. The molecule has 6 nitrogen and oxygen atoms in total. The number of allylic oxidation sites excluding steroid dienone is 1. The first-order valence-electron chi connectivity index (χ1n) is 11.4. The van der Waals surface area contributed by atoms with Crippen LogP contribution in [0.4, 0.5) is 4.39 Å². The Morgan fingerprint density at radius 3 is 2.72 bits per heavy atom. The lowest BCUT2D eigenvalue weighted by Crippen LogP contribution is -2.39. The molecule has 0 radical (unpaired) electrons. The SMILES string of the molecule is C#CCn1cc(/C=c2\sc3n(c2=O)[C@@H](c2ccc(F)cc2)C(C(=O)OCC)=C(C)N=3)c2ccccc21. The van der Waals surface area contributed by atoms with Crippen LogP contribution in [0.5, 0.6) is 0 Å². The van der Waals surface area contributed by atoms with Gasteiger partial charge in [-0.15, -0.1) is 6.42 Å². The number of thiazole rings is 1. The van der Waals surface area contributed by atoms with E-state index in [0.29, 0.717) is 27.1 Å². The molecule has 0 amide bonds. The predicted molar refractivity (Wildman–Crippen MR) is 138 cm³/mol. The zero-order valence-electron chi connectivity index (χ0n) is 19.7. The molecular formula is C28H22FN3O3S. The molecule has 2 aromatic carbocycles. The fourth-order valence-electron chi connectivity index (χ4n) is 4.51. The normalized spacial score (nSPS) is 15.5. The molecule has 0 fully saturated rings. The van der Waals surface area contributed by atoms with Gasteiger partial charge in [-0.1, -0.05) is 47.6 Å². The van der Waals surface area contributed by atoms with Crippen LogP contribution in [-0.2, 0) is 16.1 Å². The zero-order chi connectivity index (χ0) is 25.4. The van der Waals surface area contributed by atoms with Gasteiger partial charge in [-0.05, 0) is 43.7 Å². The molecule has 1 atom stereocenters. The number of aromatic nitrogens is 2. The Balaban J connectivity index is 1.74. The number of carbonyl (C=O) groups excluding carboxylic acids is 1. The minimum Gasteiger partial charge on any atom is -0.463 e. The van der Waals surface area contributed by atoms with Gasteiger partial charge in [-0.25, -0.2) is 14.2 Å². The summed E-state index contributed by atoms with van der Waals surface area (Å²) < 4.78 is 22.9. The molecule has 8 heteroatoms. The van der Waals surface area contributed by atoms with Crippen molar-refractivity contribution in [2.24, 2.45) is 4.99 Å². The Morgan fingerprint density at radius 1 is 1.25 bits per heavy atom. The van der Waals surface area contributed by atoms with Gasteiger partial charge in [-0.2, -0.15) is 0 Å². The molecule has 0 spiro atoms. The minimum absolute atomic E-state index is 0.178. The molecule has 1 aliphatic heterocycles. The summed E-state index contributed by atoms with van der Waals surface area (Å²) >= 11 is 1.24. The number of hydrogen-bond donors (Lipinski definition) is 0. The standard InChI is InChI=1S/C28H22FN3O3S/c1-4-14-31-16-19(21-8-6-7-9-22(21)31)15-23-26(33)32-25(18-10-12-20(29)13-11-18)24(27(34)35-5-2)17(3)30-28(32)36-23/h1,6-13,15-16,25H,5,14H2,2-3H3/b23-15-/t25-/m0/s1. The summed E-state index contributed by atoms with van der Waals surface area (Å²) in [5.41, 5.74) is 2.84. The molecule has 0 N–H and O–H groups in total. The number of carbonyl (C=O) groups is 1. The summed E-state index contributed by atoms with van der Waals surface area (Å²) in [5.74, 6) is 1.69. The van der Waals surface area contributed by atoms with Crippen LogP contribution in [0.1, 0.15) is 31.0 Å². The van der Waals surface area contributed by atoms with Crippen LogP contribution in [0.25, 0.3) is 17.0 Å². The van der Waals surface area contributed by atoms with Crippen LogP contribution in [0.2, 0.25) is 0 Å². The number of benzene rings is 2. The third-order valence-corrected chi connectivity index (χ3v) is 7.05. The smallest absolute Gasteiger partial charge is 0.338 e. The lowest BCUT2D eigenvalue weighted by Gasteiger charge is -2.24. The quantitative estimate of drug-likeness (QED) is 0.312. The van der Waals surface area contributed by atoms with Crippen molar-refractivity contribution < 1.29 is 13.9 Å². The van der Waals surface area contributed by atoms with Crippen molar-refractivity contribution in [3.8, 4) is 12.3 Å². The second kappa shape index (κ2) is 9.44. The van der Waals surface area contributed by atoms with E-state index in [9.17, 15) is 14.0 Å². The number of hydrogen-bond acceptors (Lipinski definition) is 5. The van der Waals surface area contributed by atoms with Crippen molar-refractivity contribution >= 4 is 34.3 Å². The maximum Gasteiger partial charge on any atom is 0.338 e. The van der Waals surface area contributed by atoms with Gasteiger partial charge in [0.15, 0.2) is 4.80 Å². The fourth-order valence-corrected chi connectivity index (χ4v) is 5.55. The summed E-state index contributed by atoms with van der Waals surface area (Å²) in [6.45, 7) is 4.01. The number of nitrogens with zero attached hydrogens (tertiary/aromatic N) is 3. The number of esters is 1. The van der Waals surface area contributed by atoms with Gasteiger partial charge in [0, 0.05) is 22.7 Å². The van der Waals surface area contributed by atoms with E-state index in [-0.39, 0.29) is 17.7 Å². The molecule has 0 unspecified atom stereocenters.